The molecule has 0 aliphatic carbocycles. The molecule has 0 heterocycles. The molecule has 0 aromatic rings. The van der Waals surface area contributed by atoms with Gasteiger partial charge in [0.25, 0.3) is 0 Å². The Morgan fingerprint density at radius 3 is 0.833 bits per heavy atom. The van der Waals surface area contributed by atoms with Crippen LogP contribution in [0.4, 0.5) is 0 Å². The van der Waals surface area contributed by atoms with Gasteiger partial charge in [-0.15, -0.1) is 0 Å². The van der Waals surface area contributed by atoms with Gasteiger partial charge in [0, 0.05) is 57.0 Å². The van der Waals surface area contributed by atoms with Crippen LogP contribution in [0.5, 0.6) is 0 Å². The first-order valence-corrected chi connectivity index (χ1v) is 4.96. The van der Waals surface area contributed by atoms with Crippen molar-refractivity contribution in [1.82, 2.24) is 0 Å². The van der Waals surface area contributed by atoms with E-state index in [0.717, 1.165) is 18.2 Å². The fraction of sp³-hybridized carbons (Fsp3) is 0. The first-order chi connectivity index (χ1) is 8.42. The predicted octanol–water partition coefficient (Wildman–Crippen LogP) is 1.68. The van der Waals surface area contributed by atoms with Crippen LogP contribution in [0.15, 0.2) is 38.0 Å². The van der Waals surface area contributed by atoms with Crippen molar-refractivity contribution in [2.24, 2.45) is 0 Å². The third-order valence-corrected chi connectivity index (χ3v) is 1.31. The summed E-state index contributed by atoms with van der Waals surface area (Å²) >= 11 is 9.52. The summed E-state index contributed by atoms with van der Waals surface area (Å²) in [6.45, 7) is 9.32. The highest BCUT2D eigenvalue weighted by molar-refractivity contribution is 7.75. The van der Waals surface area contributed by atoms with Crippen molar-refractivity contribution in [3.63, 3.8) is 0 Å². The van der Waals surface area contributed by atoms with E-state index in [9.17, 15) is 14.4 Å². The number of hydrogen-bond acceptors (Lipinski definition) is 9. The van der Waals surface area contributed by atoms with E-state index in [4.69, 9.17) is 0 Å². The van der Waals surface area contributed by atoms with Crippen molar-refractivity contribution < 1.29 is 26.9 Å². The molecule has 0 aliphatic rings. The van der Waals surface area contributed by atoms with E-state index in [1.165, 1.54) is 0 Å². The van der Waals surface area contributed by atoms with Gasteiger partial charge in [-0.3, -0.25) is 0 Å². The molecule has 0 aliphatic heterocycles. The second-order valence-corrected chi connectivity index (χ2v) is 2.39. The molecule has 0 spiro atoms. The van der Waals surface area contributed by atoms with Gasteiger partial charge in [0.05, 0.1) is 0 Å². The maximum Gasteiger partial charge on any atom is 0.341 e. The number of carbonyl (C=O) groups excluding carboxylic acids is 3. The molecule has 0 unspecified atom stereocenters. The van der Waals surface area contributed by atoms with E-state index in [0.29, 0.717) is 0 Å². The predicted molar refractivity (Wildman–Crippen MR) is 75.8 cm³/mol. The van der Waals surface area contributed by atoms with Crippen LogP contribution in [-0.2, 0) is 26.9 Å². The normalized spacial score (nSPS) is 6.83. The van der Waals surface area contributed by atoms with Crippen LogP contribution in [0.3, 0.4) is 0 Å². The van der Waals surface area contributed by atoms with Crippen LogP contribution in [0.2, 0.25) is 0 Å². The molecule has 102 valence electrons. The largest absolute Gasteiger partial charge is 0.391 e. The van der Waals surface area contributed by atoms with Crippen molar-refractivity contribution in [2.75, 3.05) is 0 Å². The van der Waals surface area contributed by atoms with Gasteiger partial charge in [-0.2, -0.15) is 0 Å². The van der Waals surface area contributed by atoms with Crippen molar-refractivity contribution in [3.05, 3.63) is 38.0 Å². The molecule has 0 bridgehead atoms. The maximum atomic E-state index is 9.76. The molecule has 0 saturated heterocycles. The van der Waals surface area contributed by atoms with Gasteiger partial charge in [0.2, 0.25) is 0 Å². The number of carbonyl (C=O) groups is 3. The first-order valence-electron chi connectivity index (χ1n) is 3.86. The van der Waals surface area contributed by atoms with Crippen LogP contribution in [0.25, 0.3) is 0 Å². The van der Waals surface area contributed by atoms with Crippen molar-refractivity contribution in [3.8, 4) is 0 Å². The molecular formula is C9H12O6S3. The van der Waals surface area contributed by atoms with Crippen molar-refractivity contribution in [1.29, 1.82) is 0 Å². The SMILES string of the molecule is C=CC(=O)OS.C=CC(=O)OS.C=CC(=O)OS. The second kappa shape index (κ2) is 18.1. The Labute approximate surface area is 122 Å². The van der Waals surface area contributed by atoms with E-state index in [2.05, 4.69) is 71.0 Å². The molecule has 6 nitrogen and oxygen atoms in total. The average Bonchev–Trinajstić information content (AvgIpc) is 2.45. The van der Waals surface area contributed by atoms with Gasteiger partial charge in [-0.25, -0.2) is 14.4 Å². The standard InChI is InChI=1S/3C3H4O2S/c3*1-2-3(4)5-6/h3*2,6H,1H2. The molecule has 0 aromatic heterocycles. The lowest BCUT2D eigenvalue weighted by molar-refractivity contribution is -0.128. The summed E-state index contributed by atoms with van der Waals surface area (Å²) in [6, 6.07) is 0. The molecule has 0 rings (SSSR count). The zero-order valence-electron chi connectivity index (χ0n) is 9.14. The van der Waals surface area contributed by atoms with E-state index >= 15 is 0 Å². The average molecular weight is 312 g/mol. The fourth-order valence-corrected chi connectivity index (χ4v) is 0.335. The lowest BCUT2D eigenvalue weighted by Crippen LogP contribution is -1.86. The Balaban J connectivity index is -0.000000187. The monoisotopic (exact) mass is 312 g/mol. The summed E-state index contributed by atoms with van der Waals surface area (Å²) in [5.74, 6) is -1.59. The summed E-state index contributed by atoms with van der Waals surface area (Å²) in [4.78, 5) is 29.3. The molecule has 0 fully saturated rings. The Kier molecular flexibility index (Phi) is 22.0. The van der Waals surface area contributed by atoms with Crippen molar-refractivity contribution in [2.45, 2.75) is 0 Å². The molecule has 0 aromatic carbocycles. The molecular weight excluding hydrogens is 300 g/mol. The van der Waals surface area contributed by atoms with E-state index in [-0.39, 0.29) is 0 Å². The number of hydrogen-bond donors (Lipinski definition) is 3. The molecule has 0 saturated carbocycles. The minimum absolute atomic E-state index is 0.529. The minimum atomic E-state index is -0.529. The first kappa shape index (κ1) is 21.9. The minimum Gasteiger partial charge on any atom is -0.391 e. The second-order valence-electron chi connectivity index (χ2n) is 1.84. The van der Waals surface area contributed by atoms with Gasteiger partial charge < -0.3 is 12.5 Å². The van der Waals surface area contributed by atoms with E-state index in [1.54, 1.807) is 0 Å². The maximum absolute atomic E-state index is 9.76. The van der Waals surface area contributed by atoms with Gasteiger partial charge in [0.1, 0.15) is 0 Å². The van der Waals surface area contributed by atoms with Gasteiger partial charge in [0.15, 0.2) is 0 Å². The Hall–Kier alpha value is -1.32. The molecule has 0 N–H and O–H groups in total. The lowest BCUT2D eigenvalue weighted by atomic mass is 10.7. The fourth-order valence-electron chi connectivity index (χ4n) is 0.112. The van der Waals surface area contributed by atoms with Crippen molar-refractivity contribution >= 4 is 56.6 Å². The molecule has 0 amide bonds. The lowest BCUT2D eigenvalue weighted by Gasteiger charge is -1.80. The van der Waals surface area contributed by atoms with Gasteiger partial charge >= 0.3 is 17.9 Å². The van der Waals surface area contributed by atoms with Crippen LogP contribution >= 0.6 is 38.7 Å². The van der Waals surface area contributed by atoms with E-state index < -0.39 is 17.9 Å². The highest BCUT2D eigenvalue weighted by Gasteiger charge is 1.84. The third-order valence-electron chi connectivity index (χ3n) is 0.770. The Bertz CT molecular complexity index is 255. The van der Waals surface area contributed by atoms with Gasteiger partial charge in [-0.05, 0) is 0 Å². The van der Waals surface area contributed by atoms with Gasteiger partial charge in [-0.1, -0.05) is 19.7 Å². The summed E-state index contributed by atoms with van der Waals surface area (Å²) in [5.41, 5.74) is 0. The third kappa shape index (κ3) is 24.1. The summed E-state index contributed by atoms with van der Waals surface area (Å²) in [7, 11) is 0. The molecule has 9 heteroatoms. The van der Waals surface area contributed by atoms with Crippen LogP contribution in [-0.4, -0.2) is 17.9 Å². The summed E-state index contributed by atoms with van der Waals surface area (Å²) in [5, 5.41) is 0. The Morgan fingerprint density at radius 1 is 0.667 bits per heavy atom. The molecule has 18 heavy (non-hydrogen) atoms. The Morgan fingerprint density at radius 2 is 0.833 bits per heavy atom. The van der Waals surface area contributed by atoms with Crippen LogP contribution < -0.4 is 0 Å². The zero-order chi connectivity index (χ0) is 15.0. The van der Waals surface area contributed by atoms with E-state index in [1.807, 2.05) is 0 Å². The number of thiol groups is 3. The molecule has 0 radical (unpaired) electrons. The highest BCUT2D eigenvalue weighted by Crippen LogP contribution is 1.79. The molecule has 0 atom stereocenters. The quantitative estimate of drug-likeness (QED) is 0.318. The van der Waals surface area contributed by atoms with Crippen LogP contribution in [0.1, 0.15) is 0 Å². The number of rotatable bonds is 3. The summed E-state index contributed by atoms with van der Waals surface area (Å²) < 4.78 is 11.5. The summed E-state index contributed by atoms with van der Waals surface area (Å²) in [6.07, 6.45) is 3.10. The topological polar surface area (TPSA) is 78.9 Å². The smallest absolute Gasteiger partial charge is 0.341 e. The highest BCUT2D eigenvalue weighted by atomic mass is 32.1. The van der Waals surface area contributed by atoms with Crippen LogP contribution in [0, 0.1) is 0 Å². The zero-order valence-corrected chi connectivity index (χ0v) is 11.8.